The predicted molar refractivity (Wildman–Crippen MR) is 90.6 cm³/mol. The van der Waals surface area contributed by atoms with Crippen LogP contribution in [0.2, 0.25) is 0 Å². The number of rotatable bonds is 5. The van der Waals surface area contributed by atoms with Gasteiger partial charge < -0.3 is 19.6 Å². The number of anilines is 1. The van der Waals surface area contributed by atoms with Crippen LogP contribution in [-0.4, -0.2) is 16.0 Å². The lowest BCUT2D eigenvalue weighted by Gasteiger charge is -2.20. The SMILES string of the molecule is C[C@@H](NCc1nc(-c2ccco2)no1)c1ccc2c(c1)CCC(=O)N2. The number of nitrogens with one attached hydrogen (secondary N) is 2. The number of aromatic nitrogens is 2. The third-order valence-electron chi connectivity index (χ3n) is 4.29. The smallest absolute Gasteiger partial charge is 0.241 e. The maximum Gasteiger partial charge on any atom is 0.241 e. The Balaban J connectivity index is 1.41. The Hall–Kier alpha value is -2.93. The molecule has 3 heterocycles. The van der Waals surface area contributed by atoms with Crippen molar-refractivity contribution in [1.29, 1.82) is 0 Å². The number of carbonyl (C=O) groups is 1. The van der Waals surface area contributed by atoms with Crippen molar-refractivity contribution in [1.82, 2.24) is 15.5 Å². The summed E-state index contributed by atoms with van der Waals surface area (Å²) in [5, 5.41) is 10.2. The molecule has 4 rings (SSSR count). The number of nitrogens with zero attached hydrogens (tertiary/aromatic N) is 2. The number of benzene rings is 1. The largest absolute Gasteiger partial charge is 0.461 e. The molecule has 7 heteroatoms. The first-order valence-corrected chi connectivity index (χ1v) is 8.21. The Kier molecular flexibility index (Phi) is 4.07. The van der Waals surface area contributed by atoms with Gasteiger partial charge in [-0.15, -0.1) is 0 Å². The van der Waals surface area contributed by atoms with E-state index in [-0.39, 0.29) is 11.9 Å². The van der Waals surface area contributed by atoms with Crippen LogP contribution in [0.4, 0.5) is 5.69 Å². The summed E-state index contributed by atoms with van der Waals surface area (Å²) in [7, 11) is 0. The highest BCUT2D eigenvalue weighted by Crippen LogP contribution is 2.26. The molecule has 0 saturated heterocycles. The minimum atomic E-state index is 0.0789. The molecule has 1 aromatic carbocycles. The third kappa shape index (κ3) is 3.32. The fraction of sp³-hybridized carbons (Fsp3) is 0.278. The molecule has 25 heavy (non-hydrogen) atoms. The summed E-state index contributed by atoms with van der Waals surface area (Å²) in [6.07, 6.45) is 2.89. The Morgan fingerprint density at radius 1 is 1.32 bits per heavy atom. The van der Waals surface area contributed by atoms with E-state index in [0.29, 0.717) is 30.4 Å². The van der Waals surface area contributed by atoms with E-state index in [2.05, 4.69) is 33.8 Å². The van der Waals surface area contributed by atoms with Gasteiger partial charge in [-0.1, -0.05) is 17.3 Å². The van der Waals surface area contributed by atoms with Gasteiger partial charge in [-0.05, 0) is 42.7 Å². The molecule has 1 aliphatic heterocycles. The minimum absolute atomic E-state index is 0.0789. The molecule has 1 atom stereocenters. The van der Waals surface area contributed by atoms with Crippen molar-refractivity contribution in [2.45, 2.75) is 32.4 Å². The summed E-state index contributed by atoms with van der Waals surface area (Å²) in [4.78, 5) is 15.8. The van der Waals surface area contributed by atoms with E-state index in [1.807, 2.05) is 12.1 Å². The summed E-state index contributed by atoms with van der Waals surface area (Å²) in [6.45, 7) is 2.54. The van der Waals surface area contributed by atoms with Crippen molar-refractivity contribution in [3.63, 3.8) is 0 Å². The lowest BCUT2D eigenvalue weighted by Crippen LogP contribution is -2.21. The maximum atomic E-state index is 11.4. The zero-order valence-corrected chi connectivity index (χ0v) is 13.8. The molecule has 0 bridgehead atoms. The molecule has 0 unspecified atom stereocenters. The first-order valence-electron chi connectivity index (χ1n) is 8.21. The van der Waals surface area contributed by atoms with Crippen molar-refractivity contribution >= 4 is 11.6 Å². The first-order chi connectivity index (χ1) is 12.2. The standard InChI is InChI=1S/C18H18N4O3/c1-11(12-4-6-14-13(9-12)5-7-16(23)20-14)19-10-17-21-18(22-25-17)15-3-2-8-24-15/h2-4,6,8-9,11,19H,5,7,10H2,1H3,(H,20,23)/t11-/m1/s1. The fourth-order valence-electron chi connectivity index (χ4n) is 2.86. The second-order valence-corrected chi connectivity index (χ2v) is 6.06. The maximum absolute atomic E-state index is 11.4. The van der Waals surface area contributed by atoms with Gasteiger partial charge >= 0.3 is 0 Å². The van der Waals surface area contributed by atoms with Crippen LogP contribution in [0.15, 0.2) is 45.5 Å². The van der Waals surface area contributed by atoms with Gasteiger partial charge in [0, 0.05) is 18.2 Å². The number of amides is 1. The van der Waals surface area contributed by atoms with Crippen LogP contribution in [0.5, 0.6) is 0 Å². The van der Waals surface area contributed by atoms with Crippen LogP contribution in [0.25, 0.3) is 11.6 Å². The zero-order chi connectivity index (χ0) is 17.2. The van der Waals surface area contributed by atoms with Crippen LogP contribution in [0, 0.1) is 0 Å². The molecule has 0 aliphatic carbocycles. The summed E-state index contributed by atoms with van der Waals surface area (Å²) >= 11 is 0. The van der Waals surface area contributed by atoms with Crippen molar-refractivity contribution in [2.75, 3.05) is 5.32 Å². The van der Waals surface area contributed by atoms with E-state index in [1.54, 1.807) is 18.4 Å². The fourth-order valence-corrected chi connectivity index (χ4v) is 2.86. The highest BCUT2D eigenvalue weighted by Gasteiger charge is 2.17. The van der Waals surface area contributed by atoms with Gasteiger partial charge in [0.2, 0.25) is 17.6 Å². The molecule has 128 valence electrons. The number of hydrogen-bond donors (Lipinski definition) is 2. The molecule has 7 nitrogen and oxygen atoms in total. The average Bonchev–Trinajstić information content (AvgIpc) is 3.30. The summed E-state index contributed by atoms with van der Waals surface area (Å²) in [6, 6.07) is 9.79. The molecular formula is C18H18N4O3. The first kappa shape index (κ1) is 15.6. The van der Waals surface area contributed by atoms with Crippen LogP contribution < -0.4 is 10.6 Å². The van der Waals surface area contributed by atoms with Crippen LogP contribution in [0.1, 0.15) is 36.4 Å². The van der Waals surface area contributed by atoms with Gasteiger partial charge in [0.1, 0.15) is 0 Å². The van der Waals surface area contributed by atoms with E-state index in [0.717, 1.165) is 17.7 Å². The number of fused-ring (bicyclic) bond motifs is 1. The normalized spacial score (nSPS) is 14.8. The Labute approximate surface area is 144 Å². The summed E-state index contributed by atoms with van der Waals surface area (Å²) < 4.78 is 10.5. The van der Waals surface area contributed by atoms with E-state index < -0.39 is 0 Å². The molecule has 1 aliphatic rings. The monoisotopic (exact) mass is 338 g/mol. The molecule has 0 radical (unpaired) electrons. The van der Waals surface area contributed by atoms with Gasteiger partial charge in [0.25, 0.3) is 0 Å². The Bertz CT molecular complexity index is 886. The zero-order valence-electron chi connectivity index (χ0n) is 13.8. The molecule has 0 fully saturated rings. The molecule has 0 saturated carbocycles. The molecule has 0 spiro atoms. The molecule has 2 aromatic heterocycles. The van der Waals surface area contributed by atoms with Crippen LogP contribution in [-0.2, 0) is 17.8 Å². The van der Waals surface area contributed by atoms with Gasteiger partial charge in [-0.25, -0.2) is 0 Å². The van der Waals surface area contributed by atoms with Gasteiger partial charge in [0.15, 0.2) is 5.76 Å². The second-order valence-electron chi connectivity index (χ2n) is 6.06. The third-order valence-corrected chi connectivity index (χ3v) is 4.29. The van der Waals surface area contributed by atoms with Gasteiger partial charge in [0.05, 0.1) is 12.8 Å². The topological polar surface area (TPSA) is 93.2 Å². The Morgan fingerprint density at radius 3 is 3.08 bits per heavy atom. The lowest BCUT2D eigenvalue weighted by molar-refractivity contribution is -0.116. The van der Waals surface area contributed by atoms with E-state index in [4.69, 9.17) is 8.94 Å². The molecular weight excluding hydrogens is 320 g/mol. The number of hydrogen-bond acceptors (Lipinski definition) is 6. The summed E-state index contributed by atoms with van der Waals surface area (Å²) in [5.74, 6) is 1.61. The van der Waals surface area contributed by atoms with E-state index in [1.165, 1.54) is 5.56 Å². The quantitative estimate of drug-likeness (QED) is 0.742. The number of carbonyl (C=O) groups excluding carboxylic acids is 1. The highest BCUT2D eigenvalue weighted by atomic mass is 16.5. The molecule has 3 aromatic rings. The number of aryl methyl sites for hydroxylation is 1. The highest BCUT2D eigenvalue weighted by molar-refractivity contribution is 5.93. The number of furan rings is 1. The van der Waals surface area contributed by atoms with Crippen LogP contribution in [0.3, 0.4) is 0 Å². The van der Waals surface area contributed by atoms with Gasteiger partial charge in [-0.2, -0.15) is 4.98 Å². The van der Waals surface area contributed by atoms with E-state index in [9.17, 15) is 4.79 Å². The van der Waals surface area contributed by atoms with Crippen LogP contribution >= 0.6 is 0 Å². The molecule has 2 N–H and O–H groups in total. The van der Waals surface area contributed by atoms with E-state index >= 15 is 0 Å². The van der Waals surface area contributed by atoms with Crippen molar-refractivity contribution in [3.05, 3.63) is 53.6 Å². The minimum Gasteiger partial charge on any atom is -0.461 e. The predicted octanol–water partition coefficient (Wildman–Crippen LogP) is 3.07. The van der Waals surface area contributed by atoms with Crippen molar-refractivity contribution in [3.8, 4) is 11.6 Å². The summed E-state index contributed by atoms with van der Waals surface area (Å²) in [5.41, 5.74) is 3.23. The molecule has 1 amide bonds. The average molecular weight is 338 g/mol. The van der Waals surface area contributed by atoms with Gasteiger partial charge in [-0.3, -0.25) is 4.79 Å². The van der Waals surface area contributed by atoms with Crippen molar-refractivity contribution in [2.24, 2.45) is 0 Å². The lowest BCUT2D eigenvalue weighted by atomic mass is 9.98. The second kappa shape index (κ2) is 6.52. The Morgan fingerprint density at radius 2 is 2.24 bits per heavy atom. The van der Waals surface area contributed by atoms with Crippen molar-refractivity contribution < 1.29 is 13.7 Å².